The highest BCUT2D eigenvalue weighted by molar-refractivity contribution is 6.02. The fraction of sp³-hybridized carbons (Fsp3) is 0.529. The molecule has 2 heterocycles. The summed E-state index contributed by atoms with van der Waals surface area (Å²) in [7, 11) is 0. The average Bonchev–Trinajstić information content (AvgIpc) is 2.62. The molecule has 2 N–H and O–H groups in total. The summed E-state index contributed by atoms with van der Waals surface area (Å²) >= 11 is 0. The molecule has 1 fully saturated rings. The first kappa shape index (κ1) is 16.6. The molecule has 1 aromatic carbocycles. The fourth-order valence-electron chi connectivity index (χ4n) is 2.95. The monoisotopic (exact) mass is 332 g/mol. The predicted molar refractivity (Wildman–Crippen MR) is 92.7 cm³/mol. The molecule has 0 radical (unpaired) electrons. The zero-order valence-corrected chi connectivity index (χ0v) is 14.0. The van der Waals surface area contributed by atoms with Crippen molar-refractivity contribution in [3.8, 4) is 5.75 Å². The van der Waals surface area contributed by atoms with Crippen LogP contribution in [0.25, 0.3) is 0 Å². The highest BCUT2D eigenvalue weighted by atomic mass is 16.5. The van der Waals surface area contributed by atoms with Crippen molar-refractivity contribution in [2.24, 2.45) is 0 Å². The Morgan fingerprint density at radius 1 is 1.33 bits per heavy atom. The standard InChI is InChI=1S/C17H24N4O3/c1-2-5-19-16(22)11-21-14-10-13(20-8-6-18-7-9-20)3-4-15(14)24-12-17(21)23/h3-4,10,18H,2,5-9,11-12H2,1H3,(H,19,22). The molecule has 3 rings (SSSR count). The third kappa shape index (κ3) is 3.62. The van der Waals surface area contributed by atoms with E-state index in [1.807, 2.05) is 25.1 Å². The summed E-state index contributed by atoms with van der Waals surface area (Å²) in [5.41, 5.74) is 1.72. The SMILES string of the molecule is CCCNC(=O)CN1C(=O)COc2ccc(N3CCNCC3)cc21. The van der Waals surface area contributed by atoms with Crippen LogP contribution >= 0.6 is 0 Å². The zero-order valence-electron chi connectivity index (χ0n) is 14.0. The first-order valence-electron chi connectivity index (χ1n) is 8.48. The van der Waals surface area contributed by atoms with Gasteiger partial charge in [-0.25, -0.2) is 0 Å². The molecule has 0 saturated carbocycles. The molecule has 2 amide bonds. The Hall–Kier alpha value is -2.28. The van der Waals surface area contributed by atoms with Gasteiger partial charge >= 0.3 is 0 Å². The Labute approximate surface area is 141 Å². The number of nitrogens with zero attached hydrogens (tertiary/aromatic N) is 2. The van der Waals surface area contributed by atoms with Gasteiger partial charge in [0, 0.05) is 38.4 Å². The molecule has 2 aliphatic rings. The molecule has 7 heteroatoms. The van der Waals surface area contributed by atoms with Crippen LogP contribution in [0.2, 0.25) is 0 Å². The second-order valence-electron chi connectivity index (χ2n) is 6.01. The van der Waals surface area contributed by atoms with Crippen molar-refractivity contribution in [3.63, 3.8) is 0 Å². The van der Waals surface area contributed by atoms with E-state index in [0.717, 1.165) is 38.3 Å². The van der Waals surface area contributed by atoms with Crippen molar-refractivity contribution in [3.05, 3.63) is 18.2 Å². The van der Waals surface area contributed by atoms with Crippen LogP contribution < -0.4 is 25.2 Å². The number of ether oxygens (including phenoxy) is 1. The van der Waals surface area contributed by atoms with E-state index in [1.165, 1.54) is 4.90 Å². The number of rotatable bonds is 5. The second kappa shape index (κ2) is 7.53. The van der Waals surface area contributed by atoms with Crippen molar-refractivity contribution in [1.82, 2.24) is 10.6 Å². The molecule has 1 saturated heterocycles. The number of piperazine rings is 1. The van der Waals surface area contributed by atoms with Crippen molar-refractivity contribution >= 4 is 23.2 Å². The molecule has 7 nitrogen and oxygen atoms in total. The van der Waals surface area contributed by atoms with Gasteiger partial charge in [0.25, 0.3) is 5.91 Å². The van der Waals surface area contributed by atoms with E-state index in [0.29, 0.717) is 18.0 Å². The lowest BCUT2D eigenvalue weighted by atomic mass is 10.1. The van der Waals surface area contributed by atoms with Crippen molar-refractivity contribution in [2.45, 2.75) is 13.3 Å². The minimum absolute atomic E-state index is 0.0267. The summed E-state index contributed by atoms with van der Waals surface area (Å²) in [6.45, 7) is 6.34. The molecule has 0 spiro atoms. The Morgan fingerprint density at radius 2 is 2.12 bits per heavy atom. The maximum Gasteiger partial charge on any atom is 0.265 e. The number of hydrogen-bond acceptors (Lipinski definition) is 5. The van der Waals surface area contributed by atoms with E-state index in [9.17, 15) is 9.59 Å². The van der Waals surface area contributed by atoms with E-state index in [-0.39, 0.29) is 25.0 Å². The molecule has 0 atom stereocenters. The summed E-state index contributed by atoms with van der Waals surface area (Å²) < 4.78 is 5.52. The summed E-state index contributed by atoms with van der Waals surface area (Å²) in [4.78, 5) is 28.1. The van der Waals surface area contributed by atoms with Gasteiger partial charge in [-0.15, -0.1) is 0 Å². The quantitative estimate of drug-likeness (QED) is 0.814. The van der Waals surface area contributed by atoms with Gasteiger partial charge in [-0.3, -0.25) is 14.5 Å². The summed E-state index contributed by atoms with van der Waals surface area (Å²) in [5, 5.41) is 6.14. The van der Waals surface area contributed by atoms with Crippen LogP contribution in [0.4, 0.5) is 11.4 Å². The number of amides is 2. The summed E-state index contributed by atoms with van der Waals surface area (Å²) in [6, 6.07) is 5.84. The fourth-order valence-corrected chi connectivity index (χ4v) is 2.95. The topological polar surface area (TPSA) is 73.9 Å². The second-order valence-corrected chi connectivity index (χ2v) is 6.01. The van der Waals surface area contributed by atoms with E-state index in [2.05, 4.69) is 15.5 Å². The Morgan fingerprint density at radius 3 is 2.88 bits per heavy atom. The minimum atomic E-state index is -0.188. The van der Waals surface area contributed by atoms with Crippen molar-refractivity contribution < 1.29 is 14.3 Å². The number of nitrogens with one attached hydrogen (secondary N) is 2. The largest absolute Gasteiger partial charge is 0.482 e. The lowest BCUT2D eigenvalue weighted by molar-refractivity contribution is -0.125. The molecule has 2 aliphatic heterocycles. The molecule has 0 aromatic heterocycles. The highest BCUT2D eigenvalue weighted by Gasteiger charge is 2.28. The van der Waals surface area contributed by atoms with E-state index in [4.69, 9.17) is 4.74 Å². The predicted octanol–water partition coefficient (Wildman–Crippen LogP) is 0.348. The molecule has 0 unspecified atom stereocenters. The molecule has 0 aliphatic carbocycles. The lowest BCUT2D eigenvalue weighted by Crippen LogP contribution is -2.46. The Balaban J connectivity index is 1.81. The zero-order chi connectivity index (χ0) is 16.9. The highest BCUT2D eigenvalue weighted by Crippen LogP contribution is 2.35. The van der Waals surface area contributed by atoms with Crippen LogP contribution in [0.15, 0.2) is 18.2 Å². The number of fused-ring (bicyclic) bond motifs is 1. The van der Waals surface area contributed by atoms with E-state index in [1.54, 1.807) is 0 Å². The van der Waals surface area contributed by atoms with E-state index >= 15 is 0 Å². The minimum Gasteiger partial charge on any atom is -0.482 e. The number of carbonyl (C=O) groups is 2. The van der Waals surface area contributed by atoms with Crippen LogP contribution in [-0.2, 0) is 9.59 Å². The molecular formula is C17H24N4O3. The summed E-state index contributed by atoms with van der Waals surface area (Å²) in [5.74, 6) is 0.314. The molecular weight excluding hydrogens is 308 g/mol. The maximum absolute atomic E-state index is 12.3. The van der Waals surface area contributed by atoms with Gasteiger partial charge in [-0.1, -0.05) is 6.92 Å². The van der Waals surface area contributed by atoms with Gasteiger partial charge in [-0.05, 0) is 24.6 Å². The summed E-state index contributed by atoms with van der Waals surface area (Å²) in [6.07, 6.45) is 0.868. The lowest BCUT2D eigenvalue weighted by Gasteiger charge is -2.33. The Kier molecular flexibility index (Phi) is 5.20. The van der Waals surface area contributed by atoms with Gasteiger partial charge in [-0.2, -0.15) is 0 Å². The van der Waals surface area contributed by atoms with Gasteiger partial charge in [0.05, 0.1) is 5.69 Å². The number of anilines is 2. The maximum atomic E-state index is 12.3. The van der Waals surface area contributed by atoms with Crippen LogP contribution in [0.3, 0.4) is 0 Å². The number of benzene rings is 1. The Bertz CT molecular complexity index is 614. The molecule has 0 bridgehead atoms. The molecule has 24 heavy (non-hydrogen) atoms. The van der Waals surface area contributed by atoms with Gasteiger partial charge in [0.1, 0.15) is 12.3 Å². The van der Waals surface area contributed by atoms with Crippen molar-refractivity contribution in [1.29, 1.82) is 0 Å². The first-order valence-corrected chi connectivity index (χ1v) is 8.48. The number of carbonyl (C=O) groups excluding carboxylic acids is 2. The third-order valence-corrected chi connectivity index (χ3v) is 4.24. The van der Waals surface area contributed by atoms with Crippen LogP contribution in [-0.4, -0.2) is 57.7 Å². The van der Waals surface area contributed by atoms with Crippen molar-refractivity contribution in [2.75, 3.05) is 55.7 Å². The van der Waals surface area contributed by atoms with Crippen LogP contribution in [0, 0.1) is 0 Å². The molecule has 1 aromatic rings. The third-order valence-electron chi connectivity index (χ3n) is 4.24. The number of hydrogen-bond donors (Lipinski definition) is 2. The smallest absolute Gasteiger partial charge is 0.265 e. The first-order chi connectivity index (χ1) is 11.7. The average molecular weight is 332 g/mol. The van der Waals surface area contributed by atoms with E-state index < -0.39 is 0 Å². The van der Waals surface area contributed by atoms with Gasteiger partial charge in [0.2, 0.25) is 5.91 Å². The normalized spacial score (nSPS) is 17.3. The van der Waals surface area contributed by atoms with Gasteiger partial charge in [0.15, 0.2) is 6.61 Å². The molecule has 130 valence electrons. The van der Waals surface area contributed by atoms with Crippen LogP contribution in [0.1, 0.15) is 13.3 Å². The van der Waals surface area contributed by atoms with Crippen LogP contribution in [0.5, 0.6) is 5.75 Å². The van der Waals surface area contributed by atoms with Gasteiger partial charge < -0.3 is 20.3 Å².